The van der Waals surface area contributed by atoms with E-state index in [1.807, 2.05) is 0 Å². The molecular weight excluding hydrogens is 579 g/mol. The van der Waals surface area contributed by atoms with E-state index in [0.29, 0.717) is 13.0 Å². The van der Waals surface area contributed by atoms with Crippen LogP contribution >= 0.6 is 7.26 Å². The second-order valence-electron chi connectivity index (χ2n) is 13.7. The van der Waals surface area contributed by atoms with E-state index in [-0.39, 0.29) is 12.6 Å². The van der Waals surface area contributed by atoms with Crippen LogP contribution in [0.4, 0.5) is 0 Å². The Morgan fingerprint density at radius 2 is 0.977 bits per heavy atom. The minimum Gasteiger partial charge on any atom is -0.726 e. The largest absolute Gasteiger partial charge is 0.726 e. The van der Waals surface area contributed by atoms with E-state index >= 15 is 0 Å². The highest BCUT2D eigenvalue weighted by Crippen LogP contribution is 2.77. The van der Waals surface area contributed by atoms with Crippen LogP contribution in [0.15, 0.2) is 0 Å². The molecule has 0 heterocycles. The summed E-state index contributed by atoms with van der Waals surface area (Å²) in [5.74, 6) is 0.195. The van der Waals surface area contributed by atoms with Crippen molar-refractivity contribution in [3.05, 3.63) is 0 Å². The average Bonchev–Trinajstić information content (AvgIpc) is 3.02. The number of hydrogen-bond acceptors (Lipinski definition) is 6. The fourth-order valence-corrected chi connectivity index (χ4v) is 15.6. The first-order valence-corrected chi connectivity index (χ1v) is 22.0. The van der Waals surface area contributed by atoms with Gasteiger partial charge in [0, 0.05) is 7.26 Å². The molecule has 3 rings (SSSR count). The topological polar surface area (TPSA) is 92.7 Å². The normalized spacial score (nSPS) is 19.5. The maximum atomic E-state index is 13.3. The van der Waals surface area contributed by atoms with E-state index in [4.69, 9.17) is 4.74 Å². The molecule has 6 nitrogen and oxygen atoms in total. The van der Waals surface area contributed by atoms with Gasteiger partial charge in [0.15, 0.2) is 6.16 Å². The smallest absolute Gasteiger partial charge is 0.343 e. The molecule has 0 bridgehead atoms. The highest BCUT2D eigenvalue weighted by molar-refractivity contribution is 7.80. The Labute approximate surface area is 266 Å². The van der Waals surface area contributed by atoms with Gasteiger partial charge in [0.2, 0.25) is 10.4 Å². The minimum absolute atomic E-state index is 0.0258. The van der Waals surface area contributed by atoms with Crippen molar-refractivity contribution >= 4 is 23.6 Å². The molecule has 0 unspecified atom stereocenters. The van der Waals surface area contributed by atoms with Crippen LogP contribution in [-0.2, 0) is 24.1 Å². The molecule has 3 aliphatic rings. The molecule has 0 N–H and O–H groups in total. The number of carbonyl (C=O) groups excluding carboxylic acids is 1. The molecule has 0 saturated heterocycles. The Kier molecular flexibility index (Phi) is 21.0. The fourth-order valence-electron chi connectivity index (χ4n) is 8.17. The lowest BCUT2D eigenvalue weighted by molar-refractivity contribution is -0.140. The van der Waals surface area contributed by atoms with Crippen molar-refractivity contribution in [2.45, 2.75) is 198 Å². The van der Waals surface area contributed by atoms with Crippen LogP contribution in [0, 0.1) is 0 Å². The monoisotopic (exact) mass is 646 g/mol. The van der Waals surface area contributed by atoms with Crippen LogP contribution in [0.2, 0.25) is 0 Å². The van der Waals surface area contributed by atoms with Gasteiger partial charge in [-0.25, -0.2) is 13.2 Å². The molecule has 8 heteroatoms. The molecule has 254 valence electrons. The summed E-state index contributed by atoms with van der Waals surface area (Å²) in [7, 11) is -5.79. The van der Waals surface area contributed by atoms with E-state index in [2.05, 4.69) is 18.0 Å². The van der Waals surface area contributed by atoms with E-state index in [1.165, 1.54) is 141 Å². The van der Waals surface area contributed by atoms with Crippen LogP contribution in [-0.4, -0.2) is 55.3 Å². The molecule has 0 aliphatic heterocycles. The lowest BCUT2D eigenvalue weighted by Crippen LogP contribution is -2.39. The number of esters is 1. The third-order valence-corrected chi connectivity index (χ3v) is 17.3. The maximum absolute atomic E-state index is 13.3. The highest BCUT2D eigenvalue weighted by atomic mass is 32.3. The summed E-state index contributed by atoms with van der Waals surface area (Å²) in [6.45, 7) is 5.08. The first-order chi connectivity index (χ1) is 20.8. The van der Waals surface area contributed by atoms with E-state index < -0.39 is 17.7 Å². The average molecular weight is 647 g/mol. The van der Waals surface area contributed by atoms with Crippen molar-refractivity contribution in [3.63, 3.8) is 0 Å². The number of hydrogen-bond donors (Lipinski definition) is 0. The van der Waals surface area contributed by atoms with Gasteiger partial charge in [0.05, 0.1) is 30.2 Å². The van der Waals surface area contributed by atoms with Gasteiger partial charge in [-0.15, -0.1) is 0 Å². The minimum atomic E-state index is -4.47. The molecular formula is C35H67O6PS. The zero-order chi connectivity index (χ0) is 31.2. The summed E-state index contributed by atoms with van der Waals surface area (Å²) in [6.07, 6.45) is 34.5. The molecule has 3 aliphatic carbocycles. The second-order valence-corrected chi connectivity index (χ2v) is 19.2. The lowest BCUT2D eigenvalue weighted by atomic mass is 9.99. The van der Waals surface area contributed by atoms with Gasteiger partial charge in [-0.05, 0) is 89.9 Å². The third kappa shape index (κ3) is 15.7. The van der Waals surface area contributed by atoms with Crippen LogP contribution in [0.25, 0.3) is 0 Å². The molecule has 0 radical (unpaired) electrons. The van der Waals surface area contributed by atoms with E-state index in [0.717, 1.165) is 42.4 Å². The summed E-state index contributed by atoms with van der Waals surface area (Å²) >= 11 is 0. The van der Waals surface area contributed by atoms with Gasteiger partial charge in [-0.2, -0.15) is 0 Å². The molecule has 3 fully saturated rings. The number of ether oxygens (including phenoxy) is 1. The van der Waals surface area contributed by atoms with Crippen LogP contribution < -0.4 is 0 Å². The Balaban J connectivity index is 0.000000420. The zero-order valence-corrected chi connectivity index (χ0v) is 29.8. The predicted octanol–water partition coefficient (Wildman–Crippen LogP) is 10.3. The summed E-state index contributed by atoms with van der Waals surface area (Å²) in [5.41, 5.74) is 2.65. The van der Waals surface area contributed by atoms with Crippen LogP contribution in [0.3, 0.4) is 0 Å². The van der Waals surface area contributed by atoms with Gasteiger partial charge in [-0.1, -0.05) is 90.9 Å². The van der Waals surface area contributed by atoms with Gasteiger partial charge in [-0.3, -0.25) is 4.18 Å². The van der Waals surface area contributed by atoms with Crippen molar-refractivity contribution < 1.29 is 26.7 Å². The molecule has 0 amide bonds. The number of carbonyl (C=O) groups is 1. The third-order valence-electron chi connectivity index (χ3n) is 10.4. The highest BCUT2D eigenvalue weighted by Gasteiger charge is 2.58. The first-order valence-electron chi connectivity index (χ1n) is 18.5. The molecule has 0 spiro atoms. The second kappa shape index (κ2) is 23.1. The molecule has 0 aromatic rings. The maximum Gasteiger partial charge on any atom is 0.343 e. The molecule has 43 heavy (non-hydrogen) atoms. The van der Waals surface area contributed by atoms with Gasteiger partial charge < -0.3 is 9.29 Å². The zero-order valence-electron chi connectivity index (χ0n) is 28.0. The SMILES string of the molecule is CCCCCCCCOS(=O)(=O)[O-].CCCCCCCOC(=O)C[P+](C1CCCCC1)(C1CCCCC1)C1CCCCC1. The van der Waals surface area contributed by atoms with Crippen molar-refractivity contribution in [3.8, 4) is 0 Å². The molecule has 0 aromatic carbocycles. The van der Waals surface area contributed by atoms with Gasteiger partial charge >= 0.3 is 5.97 Å². The predicted molar refractivity (Wildman–Crippen MR) is 181 cm³/mol. The first kappa shape index (κ1) is 39.0. The Hall–Kier alpha value is -0.230. The Morgan fingerprint density at radius 3 is 1.37 bits per heavy atom. The lowest BCUT2D eigenvalue weighted by Gasteiger charge is -2.48. The summed E-state index contributed by atoms with van der Waals surface area (Å²) in [5, 5.41) is 0. The Morgan fingerprint density at radius 1 is 0.605 bits per heavy atom. The molecule has 3 saturated carbocycles. The van der Waals surface area contributed by atoms with Crippen LogP contribution in [0.1, 0.15) is 181 Å². The van der Waals surface area contributed by atoms with Gasteiger partial charge in [0.1, 0.15) is 0 Å². The quantitative estimate of drug-likeness (QED) is 0.0456. The van der Waals surface area contributed by atoms with Gasteiger partial charge in [0.25, 0.3) is 0 Å². The molecule has 0 atom stereocenters. The summed E-state index contributed by atoms with van der Waals surface area (Å²) in [6, 6.07) is 0. The van der Waals surface area contributed by atoms with Crippen molar-refractivity contribution in [2.24, 2.45) is 0 Å². The summed E-state index contributed by atoms with van der Waals surface area (Å²) < 4.78 is 40.0. The number of unbranched alkanes of at least 4 members (excludes halogenated alkanes) is 9. The summed E-state index contributed by atoms with van der Waals surface area (Å²) in [4.78, 5) is 13.3. The van der Waals surface area contributed by atoms with E-state index in [9.17, 15) is 17.8 Å². The van der Waals surface area contributed by atoms with Crippen molar-refractivity contribution in [1.29, 1.82) is 0 Å². The van der Waals surface area contributed by atoms with Crippen molar-refractivity contribution in [1.82, 2.24) is 0 Å². The standard InChI is InChI=1S/C27H50O2P.C8H18O4S/c1-2-3-4-5-15-22-29-27(28)23-30(24-16-9-6-10-17-24,25-18-11-7-12-19-25)26-20-13-8-14-21-26;1-2-3-4-5-6-7-8-12-13(9,10)11/h24-26H,2-23H2,1H3;2-8H2,1H3,(H,9,10,11)/q+1;/p-1. The van der Waals surface area contributed by atoms with Crippen LogP contribution in [0.5, 0.6) is 0 Å². The van der Waals surface area contributed by atoms with E-state index in [1.54, 1.807) is 0 Å². The number of rotatable bonds is 19. The fraction of sp³-hybridized carbons (Fsp3) is 0.971. The Bertz CT molecular complexity index is 756. The van der Waals surface area contributed by atoms with Crippen molar-refractivity contribution in [2.75, 3.05) is 19.4 Å². The molecule has 0 aromatic heterocycles.